The van der Waals surface area contributed by atoms with Gasteiger partial charge in [0, 0.05) is 45.4 Å². The molecule has 0 saturated carbocycles. The molecule has 5 nitrogen and oxygen atoms in total. The van der Waals surface area contributed by atoms with Gasteiger partial charge in [-0.05, 0) is 37.0 Å². The van der Waals surface area contributed by atoms with Gasteiger partial charge in [-0.25, -0.2) is 0 Å². The first-order chi connectivity index (χ1) is 12.3. The summed E-state index contributed by atoms with van der Waals surface area (Å²) in [6.45, 7) is 7.99. The monoisotopic (exact) mass is 346 g/mol. The summed E-state index contributed by atoms with van der Waals surface area (Å²) in [6, 6.07) is 9.05. The van der Waals surface area contributed by atoms with Crippen molar-refractivity contribution in [3.63, 3.8) is 0 Å². The van der Waals surface area contributed by atoms with Gasteiger partial charge in [0.2, 0.25) is 0 Å². The van der Waals surface area contributed by atoms with Gasteiger partial charge in [0.15, 0.2) is 0 Å². The van der Waals surface area contributed by atoms with Crippen LogP contribution in [0.25, 0.3) is 0 Å². The molecule has 1 atom stereocenters. The maximum absolute atomic E-state index is 6.31. The molecular formula is C20H30N2O3. The normalized spacial score (nSPS) is 27.6. The fourth-order valence-corrected chi connectivity index (χ4v) is 4.50. The van der Waals surface area contributed by atoms with E-state index in [0.29, 0.717) is 6.04 Å². The van der Waals surface area contributed by atoms with Crippen LogP contribution in [0.1, 0.15) is 24.8 Å². The number of hydrogen-bond acceptors (Lipinski definition) is 5. The predicted octanol–water partition coefficient (Wildman–Crippen LogP) is 2.15. The van der Waals surface area contributed by atoms with Crippen molar-refractivity contribution in [2.45, 2.75) is 37.5 Å². The van der Waals surface area contributed by atoms with E-state index in [4.69, 9.17) is 14.2 Å². The Bertz CT molecular complexity index is 566. The summed E-state index contributed by atoms with van der Waals surface area (Å²) < 4.78 is 17.2. The first-order valence-electron chi connectivity index (χ1n) is 9.57. The first kappa shape index (κ1) is 17.3. The Balaban J connectivity index is 1.34. The minimum Gasteiger partial charge on any atom is -0.497 e. The second kappa shape index (κ2) is 7.62. The Labute approximate surface area is 150 Å². The van der Waals surface area contributed by atoms with Crippen molar-refractivity contribution in [1.29, 1.82) is 0 Å². The van der Waals surface area contributed by atoms with E-state index in [1.165, 1.54) is 12.0 Å². The van der Waals surface area contributed by atoms with E-state index in [1.54, 1.807) is 7.11 Å². The van der Waals surface area contributed by atoms with Gasteiger partial charge in [-0.2, -0.15) is 0 Å². The molecule has 0 amide bonds. The lowest BCUT2D eigenvalue weighted by Gasteiger charge is -2.48. The third-order valence-electron chi connectivity index (χ3n) is 6.00. The van der Waals surface area contributed by atoms with Crippen molar-refractivity contribution < 1.29 is 14.2 Å². The summed E-state index contributed by atoms with van der Waals surface area (Å²) in [7, 11) is 1.73. The molecule has 0 unspecified atom stereocenters. The Kier molecular flexibility index (Phi) is 5.27. The number of morpholine rings is 1. The smallest absolute Gasteiger partial charge is 0.119 e. The van der Waals surface area contributed by atoms with Gasteiger partial charge in [-0.1, -0.05) is 12.1 Å². The zero-order valence-corrected chi connectivity index (χ0v) is 15.3. The molecule has 138 valence electrons. The number of hydrogen-bond donors (Lipinski definition) is 0. The average molecular weight is 346 g/mol. The molecule has 0 N–H and O–H groups in total. The number of likely N-dealkylation sites (tertiary alicyclic amines) is 1. The number of ether oxygens (including phenoxy) is 3. The van der Waals surface area contributed by atoms with Crippen molar-refractivity contribution in [3.8, 4) is 5.75 Å². The van der Waals surface area contributed by atoms with Gasteiger partial charge < -0.3 is 14.2 Å². The Morgan fingerprint density at radius 2 is 2.08 bits per heavy atom. The fraction of sp³-hybridized carbons (Fsp3) is 0.700. The van der Waals surface area contributed by atoms with Crippen LogP contribution in [0, 0.1) is 0 Å². The second-order valence-electron chi connectivity index (χ2n) is 7.65. The summed E-state index contributed by atoms with van der Waals surface area (Å²) >= 11 is 0. The summed E-state index contributed by atoms with van der Waals surface area (Å²) in [5, 5.41) is 0. The zero-order valence-electron chi connectivity index (χ0n) is 15.3. The molecule has 3 aliphatic rings. The Morgan fingerprint density at radius 1 is 1.20 bits per heavy atom. The highest BCUT2D eigenvalue weighted by Crippen LogP contribution is 2.32. The van der Waals surface area contributed by atoms with Gasteiger partial charge in [-0.15, -0.1) is 0 Å². The molecule has 0 aliphatic carbocycles. The highest BCUT2D eigenvalue weighted by atomic mass is 16.5. The number of piperidine rings is 1. The second-order valence-corrected chi connectivity index (χ2v) is 7.65. The van der Waals surface area contributed by atoms with Crippen LogP contribution in [-0.2, 0) is 16.0 Å². The van der Waals surface area contributed by atoms with Crippen LogP contribution in [0.4, 0.5) is 0 Å². The molecule has 1 spiro atoms. The number of nitrogens with zero attached hydrogens (tertiary/aromatic N) is 2. The lowest BCUT2D eigenvalue weighted by molar-refractivity contribution is -0.140. The summed E-state index contributed by atoms with van der Waals surface area (Å²) in [5.41, 5.74) is 1.37. The summed E-state index contributed by atoms with van der Waals surface area (Å²) in [6.07, 6.45) is 3.46. The molecule has 3 saturated heterocycles. The molecule has 25 heavy (non-hydrogen) atoms. The van der Waals surface area contributed by atoms with E-state index in [1.807, 2.05) is 6.07 Å². The number of rotatable bonds is 4. The van der Waals surface area contributed by atoms with E-state index in [2.05, 4.69) is 28.0 Å². The van der Waals surface area contributed by atoms with E-state index in [9.17, 15) is 0 Å². The average Bonchev–Trinajstić information content (AvgIpc) is 3.17. The molecule has 4 rings (SSSR count). The molecule has 0 radical (unpaired) electrons. The fourth-order valence-electron chi connectivity index (χ4n) is 4.50. The molecular weight excluding hydrogens is 316 g/mol. The molecule has 1 aromatic carbocycles. The minimum atomic E-state index is 0.0487. The lowest BCUT2D eigenvalue weighted by Crippen LogP contribution is -2.57. The van der Waals surface area contributed by atoms with Crippen LogP contribution in [-0.4, -0.2) is 74.6 Å². The van der Waals surface area contributed by atoms with Crippen molar-refractivity contribution in [3.05, 3.63) is 29.8 Å². The van der Waals surface area contributed by atoms with Crippen LogP contribution in [0.15, 0.2) is 24.3 Å². The quantitative estimate of drug-likeness (QED) is 0.835. The zero-order chi connectivity index (χ0) is 17.1. The highest BCUT2D eigenvalue weighted by Gasteiger charge is 2.41. The summed E-state index contributed by atoms with van der Waals surface area (Å²) in [4.78, 5) is 5.16. The van der Waals surface area contributed by atoms with Gasteiger partial charge in [0.1, 0.15) is 5.75 Å². The van der Waals surface area contributed by atoms with E-state index < -0.39 is 0 Å². The number of methoxy groups -OCH3 is 1. The molecule has 3 fully saturated rings. The minimum absolute atomic E-state index is 0.0487. The number of benzene rings is 1. The molecule has 0 aromatic heterocycles. The molecule has 1 aromatic rings. The van der Waals surface area contributed by atoms with Crippen molar-refractivity contribution in [2.75, 3.05) is 53.1 Å². The van der Waals surface area contributed by atoms with Crippen LogP contribution < -0.4 is 4.74 Å². The van der Waals surface area contributed by atoms with E-state index in [-0.39, 0.29) is 5.60 Å². The lowest BCUT2D eigenvalue weighted by atomic mass is 9.88. The van der Waals surface area contributed by atoms with Crippen LogP contribution in [0.5, 0.6) is 5.75 Å². The third kappa shape index (κ3) is 4.00. The summed E-state index contributed by atoms with van der Waals surface area (Å²) in [5.74, 6) is 0.938. The van der Waals surface area contributed by atoms with Crippen molar-refractivity contribution in [1.82, 2.24) is 9.80 Å². The van der Waals surface area contributed by atoms with Crippen LogP contribution in [0.3, 0.4) is 0 Å². The van der Waals surface area contributed by atoms with Gasteiger partial charge in [0.25, 0.3) is 0 Å². The maximum atomic E-state index is 6.31. The largest absolute Gasteiger partial charge is 0.497 e. The highest BCUT2D eigenvalue weighted by molar-refractivity contribution is 5.28. The topological polar surface area (TPSA) is 34.2 Å². The van der Waals surface area contributed by atoms with Crippen molar-refractivity contribution >= 4 is 0 Å². The predicted molar refractivity (Wildman–Crippen MR) is 97.0 cm³/mol. The molecule has 3 aliphatic heterocycles. The Morgan fingerprint density at radius 3 is 2.84 bits per heavy atom. The maximum Gasteiger partial charge on any atom is 0.119 e. The molecule has 5 heteroatoms. The standard InChI is InChI=1S/C20H30N2O3/c1-23-19-4-2-3-17(13-19)14-21-10-12-25-20(16-21)6-8-22(9-7-20)18-5-11-24-15-18/h2-4,13,18H,5-12,14-16H2,1H3/t18-/m1/s1. The molecule has 0 bridgehead atoms. The van der Waals surface area contributed by atoms with E-state index >= 15 is 0 Å². The first-order valence-corrected chi connectivity index (χ1v) is 9.57. The Hall–Kier alpha value is -1.14. The van der Waals surface area contributed by atoms with Gasteiger partial charge in [0.05, 0.1) is 25.9 Å². The van der Waals surface area contributed by atoms with Crippen LogP contribution in [0.2, 0.25) is 0 Å². The molecule has 3 heterocycles. The van der Waals surface area contributed by atoms with Gasteiger partial charge in [-0.3, -0.25) is 9.80 Å². The SMILES string of the molecule is COc1cccc(CN2CCOC3(CCN([C@@H]4CCOC4)CC3)C2)c1. The van der Waals surface area contributed by atoms with Gasteiger partial charge >= 0.3 is 0 Å². The van der Waals surface area contributed by atoms with E-state index in [0.717, 1.165) is 71.1 Å². The van der Waals surface area contributed by atoms with Crippen LogP contribution >= 0.6 is 0 Å². The third-order valence-corrected chi connectivity index (χ3v) is 6.00. The van der Waals surface area contributed by atoms with Crippen molar-refractivity contribution in [2.24, 2.45) is 0 Å².